The molecule has 126 valence electrons. The van der Waals surface area contributed by atoms with Crippen molar-refractivity contribution in [3.05, 3.63) is 42.1 Å². The van der Waals surface area contributed by atoms with Crippen molar-refractivity contribution in [2.45, 2.75) is 20.3 Å². The molecule has 0 bridgehead atoms. The molecule has 2 N–H and O–H groups in total. The van der Waals surface area contributed by atoms with Gasteiger partial charge in [0.1, 0.15) is 12.1 Å². The van der Waals surface area contributed by atoms with Gasteiger partial charge in [0.25, 0.3) is 0 Å². The van der Waals surface area contributed by atoms with Crippen LogP contribution in [0.4, 0.5) is 5.82 Å². The molecule has 3 rings (SSSR count). The van der Waals surface area contributed by atoms with Gasteiger partial charge < -0.3 is 10.2 Å². The molecular formula is C18H25N6+. The van der Waals surface area contributed by atoms with Crippen LogP contribution < -0.4 is 10.2 Å². The number of nitrogens with one attached hydrogen (secondary N) is 2. The first-order chi connectivity index (χ1) is 11.6. The third-order valence-corrected chi connectivity index (χ3v) is 4.34. The summed E-state index contributed by atoms with van der Waals surface area (Å²) in [5, 5.41) is 4.58. The van der Waals surface area contributed by atoms with Gasteiger partial charge in [-0.1, -0.05) is 0 Å². The van der Waals surface area contributed by atoms with Gasteiger partial charge in [0.2, 0.25) is 0 Å². The largest absolute Gasteiger partial charge is 0.369 e. The SMILES string of the molecule is Cc1c(C)n(-c2cccnc2)c2ncnc(NCCC[NH+](C)C)c12. The highest BCUT2D eigenvalue weighted by Crippen LogP contribution is 2.30. The Morgan fingerprint density at radius 3 is 2.75 bits per heavy atom. The molecule has 24 heavy (non-hydrogen) atoms. The first kappa shape index (κ1) is 16.4. The van der Waals surface area contributed by atoms with E-state index in [4.69, 9.17) is 0 Å². The van der Waals surface area contributed by atoms with Crippen LogP contribution in [0.25, 0.3) is 16.7 Å². The molecule has 3 aromatic rings. The molecule has 0 spiro atoms. The third-order valence-electron chi connectivity index (χ3n) is 4.34. The second kappa shape index (κ2) is 6.97. The van der Waals surface area contributed by atoms with Crippen molar-refractivity contribution in [2.75, 3.05) is 32.5 Å². The zero-order chi connectivity index (χ0) is 17.1. The van der Waals surface area contributed by atoms with Gasteiger partial charge in [0.05, 0.1) is 37.9 Å². The Morgan fingerprint density at radius 1 is 1.21 bits per heavy atom. The predicted molar refractivity (Wildman–Crippen MR) is 96.9 cm³/mol. The number of aromatic nitrogens is 4. The number of rotatable bonds is 6. The molecule has 0 saturated heterocycles. The molecule has 0 unspecified atom stereocenters. The zero-order valence-electron chi connectivity index (χ0n) is 14.8. The molecule has 0 fully saturated rings. The fraction of sp³-hybridized carbons (Fsp3) is 0.389. The van der Waals surface area contributed by atoms with Crippen LogP contribution >= 0.6 is 0 Å². The van der Waals surface area contributed by atoms with Crippen LogP contribution in [0.1, 0.15) is 17.7 Å². The summed E-state index contributed by atoms with van der Waals surface area (Å²) in [7, 11) is 4.34. The van der Waals surface area contributed by atoms with Crippen LogP contribution in [0, 0.1) is 13.8 Å². The highest BCUT2D eigenvalue weighted by Gasteiger charge is 2.17. The average molecular weight is 325 g/mol. The van der Waals surface area contributed by atoms with Crippen LogP contribution in [-0.2, 0) is 0 Å². The molecule has 6 nitrogen and oxygen atoms in total. The van der Waals surface area contributed by atoms with Crippen molar-refractivity contribution < 1.29 is 4.90 Å². The minimum absolute atomic E-state index is 0.911. The molecule has 0 saturated carbocycles. The van der Waals surface area contributed by atoms with E-state index in [9.17, 15) is 0 Å². The van der Waals surface area contributed by atoms with Crippen LogP contribution in [-0.4, -0.2) is 46.7 Å². The summed E-state index contributed by atoms with van der Waals surface area (Å²) in [5.41, 5.74) is 4.32. The molecule has 0 amide bonds. The highest BCUT2D eigenvalue weighted by atomic mass is 15.1. The minimum Gasteiger partial charge on any atom is -0.369 e. The van der Waals surface area contributed by atoms with Gasteiger partial charge in [0.15, 0.2) is 5.65 Å². The molecule has 0 aromatic carbocycles. The van der Waals surface area contributed by atoms with E-state index in [2.05, 4.69) is 52.8 Å². The lowest BCUT2D eigenvalue weighted by molar-refractivity contribution is -0.858. The normalized spacial score (nSPS) is 11.4. The van der Waals surface area contributed by atoms with Gasteiger partial charge in [-0.3, -0.25) is 9.55 Å². The fourth-order valence-corrected chi connectivity index (χ4v) is 2.98. The van der Waals surface area contributed by atoms with E-state index >= 15 is 0 Å². The van der Waals surface area contributed by atoms with Crippen molar-refractivity contribution in [3.8, 4) is 5.69 Å². The predicted octanol–water partition coefficient (Wildman–Crippen LogP) is 1.38. The Labute approximate surface area is 142 Å². The lowest BCUT2D eigenvalue weighted by atomic mass is 10.2. The average Bonchev–Trinajstić information content (AvgIpc) is 2.84. The Morgan fingerprint density at radius 2 is 2.04 bits per heavy atom. The molecule has 6 heteroatoms. The summed E-state index contributed by atoms with van der Waals surface area (Å²) in [4.78, 5) is 14.7. The number of fused-ring (bicyclic) bond motifs is 1. The number of hydrogen-bond donors (Lipinski definition) is 2. The van der Waals surface area contributed by atoms with E-state index in [-0.39, 0.29) is 0 Å². The van der Waals surface area contributed by atoms with Gasteiger partial charge in [-0.25, -0.2) is 9.97 Å². The van der Waals surface area contributed by atoms with Crippen molar-refractivity contribution in [2.24, 2.45) is 0 Å². The number of quaternary nitrogens is 1. The van der Waals surface area contributed by atoms with Crippen molar-refractivity contribution >= 4 is 16.9 Å². The smallest absolute Gasteiger partial charge is 0.150 e. The molecule has 3 aromatic heterocycles. The van der Waals surface area contributed by atoms with Gasteiger partial charge in [-0.2, -0.15) is 0 Å². The van der Waals surface area contributed by atoms with E-state index in [0.717, 1.165) is 42.0 Å². The summed E-state index contributed by atoms with van der Waals surface area (Å²) in [6.07, 6.45) is 6.38. The van der Waals surface area contributed by atoms with Crippen LogP contribution in [0.5, 0.6) is 0 Å². The monoisotopic (exact) mass is 325 g/mol. The second-order valence-corrected chi connectivity index (χ2v) is 6.42. The van der Waals surface area contributed by atoms with Crippen LogP contribution in [0.15, 0.2) is 30.9 Å². The summed E-state index contributed by atoms with van der Waals surface area (Å²) in [5.74, 6) is 0.914. The summed E-state index contributed by atoms with van der Waals surface area (Å²) >= 11 is 0. The second-order valence-electron chi connectivity index (χ2n) is 6.42. The summed E-state index contributed by atoms with van der Waals surface area (Å²) in [6, 6.07) is 3.99. The molecular weight excluding hydrogens is 300 g/mol. The highest BCUT2D eigenvalue weighted by molar-refractivity contribution is 5.93. The number of aryl methyl sites for hydroxylation is 1. The Kier molecular flexibility index (Phi) is 4.76. The number of nitrogens with zero attached hydrogens (tertiary/aromatic N) is 4. The van der Waals surface area contributed by atoms with E-state index in [1.54, 1.807) is 12.5 Å². The molecule has 0 aliphatic carbocycles. The Balaban J connectivity index is 1.99. The first-order valence-corrected chi connectivity index (χ1v) is 8.35. The molecule has 3 heterocycles. The quantitative estimate of drug-likeness (QED) is 0.672. The lowest BCUT2D eigenvalue weighted by Gasteiger charge is -2.10. The van der Waals surface area contributed by atoms with Gasteiger partial charge >= 0.3 is 0 Å². The standard InChI is InChI=1S/C18H24N6/c1-13-14(2)24(15-7-5-8-19-11-15)18-16(13)17(21-12-22-18)20-9-6-10-23(3)4/h5,7-8,11-12H,6,9-10H2,1-4H3,(H,20,21,22)/p+1. The lowest BCUT2D eigenvalue weighted by Crippen LogP contribution is -3.05. The number of hydrogen-bond acceptors (Lipinski definition) is 4. The van der Waals surface area contributed by atoms with Crippen LogP contribution in [0.3, 0.4) is 0 Å². The van der Waals surface area contributed by atoms with Crippen LogP contribution in [0.2, 0.25) is 0 Å². The Hall–Kier alpha value is -2.47. The van der Waals surface area contributed by atoms with Crippen molar-refractivity contribution in [3.63, 3.8) is 0 Å². The molecule has 0 radical (unpaired) electrons. The minimum atomic E-state index is 0.911. The van der Waals surface area contributed by atoms with Crippen molar-refractivity contribution in [1.29, 1.82) is 0 Å². The van der Waals surface area contributed by atoms with Gasteiger partial charge in [-0.15, -0.1) is 0 Å². The van der Waals surface area contributed by atoms with E-state index in [1.807, 2.05) is 18.3 Å². The maximum absolute atomic E-state index is 4.54. The molecule has 0 aliphatic rings. The zero-order valence-corrected chi connectivity index (χ0v) is 14.8. The third kappa shape index (κ3) is 3.10. The maximum Gasteiger partial charge on any atom is 0.150 e. The summed E-state index contributed by atoms with van der Waals surface area (Å²) < 4.78 is 2.15. The molecule has 0 atom stereocenters. The fourth-order valence-electron chi connectivity index (χ4n) is 2.98. The van der Waals surface area contributed by atoms with Gasteiger partial charge in [-0.05, 0) is 31.5 Å². The maximum atomic E-state index is 4.54. The van der Waals surface area contributed by atoms with Gasteiger partial charge in [0, 0.05) is 24.9 Å². The number of pyridine rings is 1. The number of anilines is 1. The Bertz CT molecular complexity index is 822. The first-order valence-electron chi connectivity index (χ1n) is 8.35. The van der Waals surface area contributed by atoms with E-state index in [1.165, 1.54) is 16.2 Å². The van der Waals surface area contributed by atoms with E-state index in [0.29, 0.717) is 0 Å². The van der Waals surface area contributed by atoms with E-state index < -0.39 is 0 Å². The van der Waals surface area contributed by atoms with Crippen molar-refractivity contribution in [1.82, 2.24) is 19.5 Å². The molecule has 0 aliphatic heterocycles. The summed E-state index contributed by atoms with van der Waals surface area (Å²) in [6.45, 7) is 6.29. The topological polar surface area (TPSA) is 60.1 Å².